The first-order chi connectivity index (χ1) is 9.36. The van der Waals surface area contributed by atoms with Gasteiger partial charge in [-0.3, -0.25) is 4.68 Å². The Labute approximate surface area is 112 Å². The maximum atomic E-state index is 9.20. The van der Waals surface area contributed by atoms with Gasteiger partial charge in [0.15, 0.2) is 0 Å². The van der Waals surface area contributed by atoms with E-state index in [1.807, 2.05) is 12.3 Å². The van der Waals surface area contributed by atoms with Crippen LogP contribution >= 0.6 is 0 Å². The summed E-state index contributed by atoms with van der Waals surface area (Å²) < 4.78 is 2.14. The van der Waals surface area contributed by atoms with Crippen LogP contribution in [-0.4, -0.2) is 9.78 Å². The second-order valence-electron chi connectivity index (χ2n) is 5.58. The van der Waals surface area contributed by atoms with Crippen LogP contribution in [-0.2, 0) is 0 Å². The lowest BCUT2D eigenvalue weighted by Crippen LogP contribution is -1.99. The average Bonchev–Trinajstić information content (AvgIpc) is 3.36. The zero-order valence-corrected chi connectivity index (χ0v) is 10.7. The molecule has 0 N–H and O–H groups in total. The molecule has 0 amide bonds. The van der Waals surface area contributed by atoms with E-state index in [2.05, 4.69) is 34.0 Å². The fourth-order valence-corrected chi connectivity index (χ4v) is 2.71. The first-order valence-corrected chi connectivity index (χ1v) is 6.95. The Hall–Kier alpha value is -2.08. The second-order valence-corrected chi connectivity index (χ2v) is 5.58. The molecule has 2 saturated carbocycles. The van der Waals surface area contributed by atoms with Crippen LogP contribution in [0.4, 0.5) is 0 Å². The Balaban J connectivity index is 1.80. The quantitative estimate of drug-likeness (QED) is 0.833. The number of rotatable bonds is 3. The number of hydrogen-bond donors (Lipinski definition) is 0. The van der Waals surface area contributed by atoms with E-state index in [-0.39, 0.29) is 0 Å². The normalized spacial score (nSPS) is 18.3. The van der Waals surface area contributed by atoms with Gasteiger partial charge in [-0.05, 0) is 55.4 Å². The van der Waals surface area contributed by atoms with E-state index in [9.17, 15) is 5.26 Å². The monoisotopic (exact) mass is 249 g/mol. The van der Waals surface area contributed by atoms with E-state index >= 15 is 0 Å². The maximum absolute atomic E-state index is 9.20. The van der Waals surface area contributed by atoms with Crippen molar-refractivity contribution in [2.45, 2.75) is 37.6 Å². The summed E-state index contributed by atoms with van der Waals surface area (Å²) in [5.41, 5.74) is 4.45. The van der Waals surface area contributed by atoms with Gasteiger partial charge in [-0.25, -0.2) is 0 Å². The molecule has 1 heterocycles. The van der Waals surface area contributed by atoms with Crippen LogP contribution in [0.3, 0.4) is 0 Å². The minimum Gasteiger partial charge on any atom is -0.262 e. The smallest absolute Gasteiger partial charge is 0.0994 e. The van der Waals surface area contributed by atoms with Gasteiger partial charge in [0.1, 0.15) is 0 Å². The summed E-state index contributed by atoms with van der Waals surface area (Å²) in [5, 5.41) is 13.6. The summed E-state index contributed by atoms with van der Waals surface area (Å²) in [6.07, 6.45) is 6.80. The zero-order chi connectivity index (χ0) is 12.8. The van der Waals surface area contributed by atoms with E-state index < -0.39 is 0 Å². The highest BCUT2D eigenvalue weighted by molar-refractivity contribution is 5.63. The van der Waals surface area contributed by atoms with Gasteiger partial charge in [0.25, 0.3) is 0 Å². The minimum atomic E-state index is 0.588. The van der Waals surface area contributed by atoms with E-state index in [4.69, 9.17) is 0 Å². The van der Waals surface area contributed by atoms with Crippen LogP contribution in [0.1, 0.15) is 48.8 Å². The predicted molar refractivity (Wildman–Crippen MR) is 72.6 cm³/mol. The predicted octanol–water partition coefficient (Wildman–Crippen LogP) is 3.63. The SMILES string of the molecule is N#Cc1ccc(-c2ccnn2C2CC2)cc1C1CC1. The highest BCUT2D eigenvalue weighted by atomic mass is 15.3. The Morgan fingerprint density at radius 1 is 1.16 bits per heavy atom. The minimum absolute atomic E-state index is 0.588. The van der Waals surface area contributed by atoms with Gasteiger partial charge in [-0.1, -0.05) is 6.07 Å². The molecule has 19 heavy (non-hydrogen) atoms. The Morgan fingerprint density at radius 2 is 2.00 bits per heavy atom. The average molecular weight is 249 g/mol. The lowest BCUT2D eigenvalue weighted by Gasteiger charge is -2.09. The van der Waals surface area contributed by atoms with Crippen molar-refractivity contribution >= 4 is 0 Å². The van der Waals surface area contributed by atoms with Crippen LogP contribution in [0.15, 0.2) is 30.5 Å². The van der Waals surface area contributed by atoms with Gasteiger partial charge in [0.05, 0.1) is 23.4 Å². The van der Waals surface area contributed by atoms with Gasteiger partial charge < -0.3 is 0 Å². The topological polar surface area (TPSA) is 41.6 Å². The van der Waals surface area contributed by atoms with Crippen molar-refractivity contribution in [1.29, 1.82) is 5.26 Å². The largest absolute Gasteiger partial charge is 0.262 e. The van der Waals surface area contributed by atoms with Crippen LogP contribution in [0, 0.1) is 11.3 Å². The van der Waals surface area contributed by atoms with Crippen molar-refractivity contribution in [3.63, 3.8) is 0 Å². The number of benzene rings is 1. The molecule has 0 atom stereocenters. The van der Waals surface area contributed by atoms with Gasteiger partial charge in [-0.2, -0.15) is 10.4 Å². The summed E-state index contributed by atoms with van der Waals surface area (Å²) in [7, 11) is 0. The van der Waals surface area contributed by atoms with E-state index in [1.165, 1.54) is 42.5 Å². The molecule has 4 rings (SSSR count). The zero-order valence-electron chi connectivity index (χ0n) is 10.7. The molecule has 3 nitrogen and oxygen atoms in total. The van der Waals surface area contributed by atoms with E-state index in [0.29, 0.717) is 12.0 Å². The van der Waals surface area contributed by atoms with Crippen molar-refractivity contribution in [2.75, 3.05) is 0 Å². The van der Waals surface area contributed by atoms with Crippen molar-refractivity contribution < 1.29 is 0 Å². The number of nitriles is 1. The van der Waals surface area contributed by atoms with Gasteiger partial charge >= 0.3 is 0 Å². The molecule has 1 aromatic carbocycles. The molecule has 1 aromatic heterocycles. The van der Waals surface area contributed by atoms with Crippen LogP contribution in [0.25, 0.3) is 11.3 Å². The second kappa shape index (κ2) is 3.96. The molecule has 2 fully saturated rings. The first-order valence-electron chi connectivity index (χ1n) is 6.95. The van der Waals surface area contributed by atoms with E-state index in [1.54, 1.807) is 0 Å². The Kier molecular flexibility index (Phi) is 2.25. The molecule has 3 heteroatoms. The summed E-state index contributed by atoms with van der Waals surface area (Å²) in [5.74, 6) is 0.604. The lowest BCUT2D eigenvalue weighted by molar-refractivity contribution is 0.649. The number of hydrogen-bond acceptors (Lipinski definition) is 2. The molecule has 0 unspecified atom stereocenters. The molecule has 94 valence electrons. The molecular weight excluding hydrogens is 234 g/mol. The molecule has 2 aromatic rings. The highest BCUT2D eigenvalue weighted by Crippen LogP contribution is 2.43. The van der Waals surface area contributed by atoms with Gasteiger partial charge in [-0.15, -0.1) is 0 Å². The highest BCUT2D eigenvalue weighted by Gasteiger charge is 2.29. The Morgan fingerprint density at radius 3 is 2.68 bits per heavy atom. The molecule has 2 aliphatic carbocycles. The third-order valence-corrected chi connectivity index (χ3v) is 4.05. The van der Waals surface area contributed by atoms with Crippen LogP contribution < -0.4 is 0 Å². The Bertz CT molecular complexity index is 670. The third-order valence-electron chi connectivity index (χ3n) is 4.05. The standard InChI is InChI=1S/C16H15N3/c17-10-13-4-3-12(9-15(13)11-1-2-11)16-7-8-18-19(16)14-5-6-14/h3-4,7-9,11,14H,1-2,5-6H2. The van der Waals surface area contributed by atoms with E-state index in [0.717, 1.165) is 5.56 Å². The number of nitrogens with zero attached hydrogens (tertiary/aromatic N) is 3. The molecule has 2 aliphatic rings. The van der Waals surface area contributed by atoms with Gasteiger partial charge in [0.2, 0.25) is 0 Å². The first kappa shape index (κ1) is 10.8. The van der Waals surface area contributed by atoms with Crippen molar-refractivity contribution in [3.8, 4) is 17.3 Å². The van der Waals surface area contributed by atoms with Gasteiger partial charge in [0, 0.05) is 11.8 Å². The van der Waals surface area contributed by atoms with Crippen LogP contribution in [0.2, 0.25) is 0 Å². The molecule has 0 saturated heterocycles. The molecule has 0 bridgehead atoms. The maximum Gasteiger partial charge on any atom is 0.0994 e. The van der Waals surface area contributed by atoms with Crippen molar-refractivity contribution in [1.82, 2.24) is 9.78 Å². The van der Waals surface area contributed by atoms with Crippen molar-refractivity contribution in [3.05, 3.63) is 41.6 Å². The lowest BCUT2D eigenvalue weighted by atomic mass is 9.99. The molecule has 0 spiro atoms. The van der Waals surface area contributed by atoms with Crippen LogP contribution in [0.5, 0.6) is 0 Å². The summed E-state index contributed by atoms with van der Waals surface area (Å²) >= 11 is 0. The summed E-state index contributed by atoms with van der Waals surface area (Å²) in [4.78, 5) is 0. The molecule has 0 radical (unpaired) electrons. The fraction of sp³-hybridized carbons (Fsp3) is 0.375. The molecule has 0 aliphatic heterocycles. The summed E-state index contributed by atoms with van der Waals surface area (Å²) in [6, 6.07) is 11.2. The number of aromatic nitrogens is 2. The summed E-state index contributed by atoms with van der Waals surface area (Å²) in [6.45, 7) is 0. The van der Waals surface area contributed by atoms with Crippen molar-refractivity contribution in [2.24, 2.45) is 0 Å². The molecular formula is C16H15N3. The fourth-order valence-electron chi connectivity index (χ4n) is 2.71. The third kappa shape index (κ3) is 1.84.